The Kier molecular flexibility index (Phi) is 2.93. The molecule has 0 saturated heterocycles. The predicted molar refractivity (Wildman–Crippen MR) is 59.1 cm³/mol. The molecule has 0 atom stereocenters. The molecule has 3 rings (SSSR count). The monoisotopic (exact) mass is 269 g/mol. The molecule has 15 heavy (non-hydrogen) atoms. The predicted octanol–water partition coefficient (Wildman–Crippen LogP) is 3.57. The van der Waals surface area contributed by atoms with Gasteiger partial charge in [-0.2, -0.15) is 0 Å². The molecule has 1 aliphatic rings. The van der Waals surface area contributed by atoms with E-state index in [1.165, 1.54) is 27.8 Å². The van der Waals surface area contributed by atoms with Gasteiger partial charge >= 0.3 is 0 Å². The maximum Gasteiger partial charge on any atom is 0.0212 e. The number of fused-ring (bicyclic) bond motifs is 3. The third-order valence-electron chi connectivity index (χ3n) is 2.77. The summed E-state index contributed by atoms with van der Waals surface area (Å²) in [5.41, 5.74) is 6.75. The first-order chi connectivity index (χ1) is 6.84. The molecular weight excluding hydrogens is 259 g/mol. The van der Waals surface area contributed by atoms with E-state index < -0.39 is 0 Å². The van der Waals surface area contributed by atoms with E-state index in [-0.39, 0.29) is 26.2 Å². The van der Waals surface area contributed by atoms with Crippen molar-refractivity contribution in [1.29, 1.82) is 0 Å². The molecule has 0 amide bonds. The molecule has 0 aliphatic heterocycles. The summed E-state index contributed by atoms with van der Waals surface area (Å²) in [6.07, 6.45) is 2.26. The average molecular weight is 270 g/mol. The number of hydrogen-bond donors (Lipinski definition) is 0. The first-order valence-corrected chi connectivity index (χ1v) is 4.89. The van der Waals surface area contributed by atoms with Crippen molar-refractivity contribution in [3.63, 3.8) is 0 Å². The Labute approximate surface area is 109 Å². The maximum absolute atomic E-state index is 2.26. The zero-order chi connectivity index (χ0) is 9.54. The average Bonchev–Trinajstić information content (AvgIpc) is 2.54. The summed E-state index contributed by atoms with van der Waals surface area (Å²) in [7, 11) is 0. The smallest absolute Gasteiger partial charge is 0.0212 e. The largest absolute Gasteiger partial charge is 0.0619 e. The summed E-state index contributed by atoms with van der Waals surface area (Å²) in [6.45, 7) is 2.14. The molecule has 1 aliphatic carbocycles. The Morgan fingerprint density at radius 1 is 0.800 bits per heavy atom. The van der Waals surface area contributed by atoms with Crippen molar-refractivity contribution < 1.29 is 26.2 Å². The minimum atomic E-state index is 0. The van der Waals surface area contributed by atoms with E-state index in [4.69, 9.17) is 0 Å². The van der Waals surface area contributed by atoms with Crippen LogP contribution in [0.25, 0.3) is 11.1 Å². The quantitative estimate of drug-likeness (QED) is 0.586. The summed E-state index contributed by atoms with van der Waals surface area (Å²) < 4.78 is 0. The Morgan fingerprint density at radius 3 is 2.40 bits per heavy atom. The van der Waals surface area contributed by atoms with Crippen LogP contribution in [0.2, 0.25) is 0 Å². The van der Waals surface area contributed by atoms with Gasteiger partial charge in [0, 0.05) is 32.6 Å². The standard InChI is InChI=1S/C14H11.Zr/c1-10-6-7-14-12(8-10)9-11-4-2-3-5-13(11)14;/h2-9H,1H3;. The minimum absolute atomic E-state index is 0. The molecule has 1 radical (unpaired) electrons. The van der Waals surface area contributed by atoms with Crippen molar-refractivity contribution in [2.45, 2.75) is 6.92 Å². The molecule has 2 aromatic rings. The van der Waals surface area contributed by atoms with E-state index in [2.05, 4.69) is 55.8 Å². The van der Waals surface area contributed by atoms with E-state index in [0.29, 0.717) is 0 Å². The van der Waals surface area contributed by atoms with Crippen molar-refractivity contribution in [3.8, 4) is 11.1 Å². The zero-order valence-corrected chi connectivity index (χ0v) is 11.1. The summed E-state index contributed by atoms with van der Waals surface area (Å²) in [5, 5.41) is 0. The van der Waals surface area contributed by atoms with Crippen molar-refractivity contribution in [1.82, 2.24) is 0 Å². The van der Waals surface area contributed by atoms with E-state index in [0.717, 1.165) is 0 Å². The number of hydrogen-bond acceptors (Lipinski definition) is 0. The van der Waals surface area contributed by atoms with Gasteiger partial charge in [0.2, 0.25) is 0 Å². The van der Waals surface area contributed by atoms with Crippen LogP contribution < -0.4 is 0 Å². The minimum Gasteiger partial charge on any atom is -0.0619 e. The van der Waals surface area contributed by atoms with Gasteiger partial charge in [0.15, 0.2) is 0 Å². The van der Waals surface area contributed by atoms with Gasteiger partial charge in [-0.05, 0) is 29.2 Å². The molecule has 0 aromatic heterocycles. The summed E-state index contributed by atoms with van der Waals surface area (Å²) in [5.74, 6) is 0. The van der Waals surface area contributed by atoms with Gasteiger partial charge in [-0.25, -0.2) is 0 Å². The third-order valence-corrected chi connectivity index (χ3v) is 2.77. The second kappa shape index (κ2) is 4.06. The maximum atomic E-state index is 2.26. The fourth-order valence-electron chi connectivity index (χ4n) is 2.08. The van der Waals surface area contributed by atoms with Crippen LogP contribution in [0.15, 0.2) is 42.5 Å². The molecule has 0 nitrogen and oxygen atoms in total. The fourth-order valence-corrected chi connectivity index (χ4v) is 2.08. The Hall–Kier alpha value is -0.677. The molecular formula is C14H11Zr. The van der Waals surface area contributed by atoms with Gasteiger partial charge in [0.25, 0.3) is 0 Å². The van der Waals surface area contributed by atoms with Crippen LogP contribution in [0.3, 0.4) is 0 Å². The molecule has 0 saturated carbocycles. The van der Waals surface area contributed by atoms with Gasteiger partial charge in [-0.1, -0.05) is 48.0 Å². The van der Waals surface area contributed by atoms with Crippen LogP contribution in [0.1, 0.15) is 16.7 Å². The van der Waals surface area contributed by atoms with Gasteiger partial charge in [-0.3, -0.25) is 0 Å². The molecule has 0 bridgehead atoms. The van der Waals surface area contributed by atoms with Gasteiger partial charge in [0.1, 0.15) is 0 Å². The van der Waals surface area contributed by atoms with Gasteiger partial charge in [-0.15, -0.1) is 0 Å². The van der Waals surface area contributed by atoms with Crippen LogP contribution in [0, 0.1) is 13.3 Å². The summed E-state index contributed by atoms with van der Waals surface area (Å²) in [6, 6.07) is 15.2. The molecule has 71 valence electrons. The first kappa shape index (κ1) is 10.8. The van der Waals surface area contributed by atoms with Crippen molar-refractivity contribution in [2.24, 2.45) is 0 Å². The van der Waals surface area contributed by atoms with E-state index in [1.54, 1.807) is 0 Å². The Morgan fingerprint density at radius 2 is 1.53 bits per heavy atom. The van der Waals surface area contributed by atoms with E-state index in [1.807, 2.05) is 0 Å². The van der Waals surface area contributed by atoms with Crippen LogP contribution >= 0.6 is 0 Å². The van der Waals surface area contributed by atoms with Crippen molar-refractivity contribution in [2.75, 3.05) is 0 Å². The number of rotatable bonds is 0. The van der Waals surface area contributed by atoms with Crippen molar-refractivity contribution in [3.05, 3.63) is 65.6 Å². The van der Waals surface area contributed by atoms with Crippen LogP contribution in [-0.4, -0.2) is 0 Å². The molecule has 0 fully saturated rings. The molecule has 2 aromatic carbocycles. The Balaban J connectivity index is 0.000000853. The number of aryl methyl sites for hydroxylation is 1. The fraction of sp³-hybridized carbons (Fsp3) is 0.0714. The van der Waals surface area contributed by atoms with E-state index in [9.17, 15) is 0 Å². The normalized spacial score (nSPS) is 11.5. The molecule has 0 unspecified atom stereocenters. The van der Waals surface area contributed by atoms with Crippen LogP contribution in [-0.2, 0) is 26.2 Å². The van der Waals surface area contributed by atoms with Crippen LogP contribution in [0.4, 0.5) is 0 Å². The summed E-state index contributed by atoms with van der Waals surface area (Å²) >= 11 is 0. The first-order valence-electron chi connectivity index (χ1n) is 4.89. The molecule has 0 spiro atoms. The summed E-state index contributed by atoms with van der Waals surface area (Å²) in [4.78, 5) is 0. The number of benzene rings is 2. The molecule has 0 heterocycles. The van der Waals surface area contributed by atoms with Gasteiger partial charge < -0.3 is 0 Å². The SMILES string of the molecule is Cc1ccc2c(c1)[CH]c1ccccc1-2.[Zr]. The topological polar surface area (TPSA) is 0 Å². The Bertz CT molecular complexity index is 500. The third kappa shape index (κ3) is 1.74. The van der Waals surface area contributed by atoms with E-state index >= 15 is 0 Å². The second-order valence-electron chi connectivity index (χ2n) is 3.82. The molecule has 1 heteroatoms. The zero-order valence-electron chi connectivity index (χ0n) is 8.62. The van der Waals surface area contributed by atoms with Gasteiger partial charge in [0.05, 0.1) is 0 Å². The molecule has 0 N–H and O–H groups in total. The second-order valence-corrected chi connectivity index (χ2v) is 3.82. The van der Waals surface area contributed by atoms with Crippen LogP contribution in [0.5, 0.6) is 0 Å². The van der Waals surface area contributed by atoms with Crippen molar-refractivity contribution >= 4 is 0 Å².